The third-order valence-corrected chi connectivity index (χ3v) is 4.18. The Balaban J connectivity index is 1.55. The van der Waals surface area contributed by atoms with Crippen molar-refractivity contribution in [1.29, 1.82) is 0 Å². The molecule has 2 aliphatic carbocycles. The Labute approximate surface area is 103 Å². The van der Waals surface area contributed by atoms with E-state index in [1.54, 1.807) is 0 Å². The summed E-state index contributed by atoms with van der Waals surface area (Å²) < 4.78 is 0. The van der Waals surface area contributed by atoms with E-state index in [9.17, 15) is 5.11 Å². The van der Waals surface area contributed by atoms with E-state index in [1.807, 2.05) is 0 Å². The highest BCUT2D eigenvalue weighted by molar-refractivity contribution is 5.27. The molecule has 3 rings (SSSR count). The first kappa shape index (κ1) is 11.2. The van der Waals surface area contributed by atoms with Crippen molar-refractivity contribution < 1.29 is 5.11 Å². The van der Waals surface area contributed by atoms with Crippen LogP contribution in [0.1, 0.15) is 43.6 Å². The van der Waals surface area contributed by atoms with Crippen molar-refractivity contribution in [2.24, 2.45) is 0 Å². The molecule has 2 aliphatic rings. The molecule has 0 aromatic heterocycles. The van der Waals surface area contributed by atoms with Gasteiger partial charge in [-0.1, -0.05) is 43.2 Å². The van der Waals surface area contributed by atoms with Crippen molar-refractivity contribution in [3.8, 4) is 0 Å². The molecule has 0 radical (unpaired) electrons. The maximum Gasteiger partial charge on any atom is 0.0693 e. The summed E-state index contributed by atoms with van der Waals surface area (Å²) in [5.41, 5.74) is 1.44. The first-order chi connectivity index (χ1) is 8.34. The van der Waals surface area contributed by atoms with Crippen LogP contribution in [0.15, 0.2) is 30.3 Å². The summed E-state index contributed by atoms with van der Waals surface area (Å²) in [6, 6.07) is 11.6. The van der Waals surface area contributed by atoms with Crippen LogP contribution in [-0.4, -0.2) is 23.3 Å². The first-order valence-electron chi connectivity index (χ1n) is 6.83. The molecule has 1 aromatic rings. The minimum absolute atomic E-state index is 0.124. The molecular weight excluding hydrogens is 210 g/mol. The molecule has 0 saturated heterocycles. The van der Waals surface area contributed by atoms with Gasteiger partial charge in [0.15, 0.2) is 0 Å². The van der Waals surface area contributed by atoms with Crippen molar-refractivity contribution in [2.75, 3.05) is 0 Å². The molecule has 2 heteroatoms. The normalized spacial score (nSPS) is 36.8. The molecule has 0 amide bonds. The number of benzene rings is 1. The molecular formula is C15H21NO. The van der Waals surface area contributed by atoms with Gasteiger partial charge in [-0.3, -0.25) is 0 Å². The number of nitrogens with one attached hydrogen (secondary N) is 1. The van der Waals surface area contributed by atoms with E-state index in [-0.39, 0.29) is 6.10 Å². The predicted octanol–water partition coefficient (Wildman–Crippen LogP) is 2.44. The van der Waals surface area contributed by atoms with Gasteiger partial charge < -0.3 is 10.4 Å². The minimum atomic E-state index is -0.124. The van der Waals surface area contributed by atoms with Gasteiger partial charge in [-0.25, -0.2) is 0 Å². The Morgan fingerprint density at radius 2 is 1.76 bits per heavy atom. The summed E-state index contributed by atoms with van der Waals surface area (Å²) in [6.45, 7) is 0. The number of rotatable bonds is 3. The number of hydrogen-bond acceptors (Lipinski definition) is 2. The summed E-state index contributed by atoms with van der Waals surface area (Å²) in [4.78, 5) is 0. The molecule has 92 valence electrons. The number of hydrogen-bond donors (Lipinski definition) is 2. The Morgan fingerprint density at radius 1 is 1.00 bits per heavy atom. The summed E-state index contributed by atoms with van der Waals surface area (Å²) in [6.07, 6.45) is 5.66. The number of aliphatic hydroxyl groups excluding tert-OH is 1. The van der Waals surface area contributed by atoms with Gasteiger partial charge in [-0.15, -0.1) is 0 Å². The van der Waals surface area contributed by atoms with Crippen molar-refractivity contribution in [3.63, 3.8) is 0 Å². The summed E-state index contributed by atoms with van der Waals surface area (Å²) in [5, 5.41) is 13.6. The molecule has 2 nitrogen and oxygen atoms in total. The molecule has 17 heavy (non-hydrogen) atoms. The van der Waals surface area contributed by atoms with Crippen LogP contribution in [0.5, 0.6) is 0 Å². The van der Waals surface area contributed by atoms with Crippen LogP contribution in [-0.2, 0) is 0 Å². The van der Waals surface area contributed by atoms with Crippen LogP contribution in [0.2, 0.25) is 0 Å². The second-order valence-corrected chi connectivity index (χ2v) is 5.48. The lowest BCUT2D eigenvalue weighted by molar-refractivity contribution is 0.0899. The Bertz CT molecular complexity index is 364. The van der Waals surface area contributed by atoms with Crippen molar-refractivity contribution in [1.82, 2.24) is 5.32 Å². The van der Waals surface area contributed by atoms with Gasteiger partial charge in [-0.2, -0.15) is 0 Å². The van der Waals surface area contributed by atoms with Crippen LogP contribution in [0, 0.1) is 0 Å². The predicted molar refractivity (Wildman–Crippen MR) is 69.0 cm³/mol. The molecule has 2 unspecified atom stereocenters. The van der Waals surface area contributed by atoms with Gasteiger partial charge in [0, 0.05) is 18.0 Å². The Kier molecular flexibility index (Phi) is 3.17. The number of aliphatic hydroxyl groups is 1. The van der Waals surface area contributed by atoms with E-state index >= 15 is 0 Å². The monoisotopic (exact) mass is 231 g/mol. The van der Waals surface area contributed by atoms with Crippen LogP contribution in [0.4, 0.5) is 0 Å². The first-order valence-corrected chi connectivity index (χ1v) is 6.83. The smallest absolute Gasteiger partial charge is 0.0693 e. The largest absolute Gasteiger partial charge is 0.392 e. The summed E-state index contributed by atoms with van der Waals surface area (Å²) in [7, 11) is 0. The van der Waals surface area contributed by atoms with Gasteiger partial charge in [0.05, 0.1) is 6.10 Å². The average Bonchev–Trinajstić information content (AvgIpc) is 3.13. The zero-order chi connectivity index (χ0) is 11.7. The fraction of sp³-hybridized carbons (Fsp3) is 0.600. The summed E-state index contributed by atoms with van der Waals surface area (Å²) in [5.74, 6) is 0.672. The molecule has 0 bridgehead atoms. The Morgan fingerprint density at radius 3 is 2.53 bits per heavy atom. The maximum atomic E-state index is 9.94. The molecule has 4 atom stereocenters. The van der Waals surface area contributed by atoms with E-state index in [2.05, 4.69) is 35.6 Å². The van der Waals surface area contributed by atoms with Gasteiger partial charge in [-0.05, 0) is 24.8 Å². The molecule has 2 N–H and O–H groups in total. The molecule has 0 heterocycles. The van der Waals surface area contributed by atoms with E-state index in [0.29, 0.717) is 18.0 Å². The lowest BCUT2D eigenvalue weighted by Gasteiger charge is -2.28. The zero-order valence-corrected chi connectivity index (χ0v) is 10.2. The van der Waals surface area contributed by atoms with E-state index < -0.39 is 0 Å². The van der Waals surface area contributed by atoms with Crippen molar-refractivity contribution in [2.45, 2.75) is 56.2 Å². The second-order valence-electron chi connectivity index (χ2n) is 5.48. The van der Waals surface area contributed by atoms with Crippen LogP contribution in [0.3, 0.4) is 0 Å². The van der Waals surface area contributed by atoms with Crippen molar-refractivity contribution in [3.05, 3.63) is 35.9 Å². The lowest BCUT2D eigenvalue weighted by Crippen LogP contribution is -2.43. The molecule has 1 aromatic carbocycles. The molecule has 0 spiro atoms. The van der Waals surface area contributed by atoms with Crippen LogP contribution in [0.25, 0.3) is 0 Å². The van der Waals surface area contributed by atoms with Gasteiger partial charge in [0.1, 0.15) is 0 Å². The Hall–Kier alpha value is -0.860. The average molecular weight is 231 g/mol. The SMILES string of the molecule is O[C@H]1CCCC[C@@H]1NC1CC1c1ccccc1. The van der Waals surface area contributed by atoms with Gasteiger partial charge >= 0.3 is 0 Å². The second kappa shape index (κ2) is 4.79. The fourth-order valence-electron chi connectivity index (χ4n) is 3.03. The topological polar surface area (TPSA) is 32.3 Å². The van der Waals surface area contributed by atoms with Gasteiger partial charge in [0.25, 0.3) is 0 Å². The zero-order valence-electron chi connectivity index (χ0n) is 10.2. The quantitative estimate of drug-likeness (QED) is 0.837. The third kappa shape index (κ3) is 2.53. The minimum Gasteiger partial charge on any atom is -0.392 e. The van der Waals surface area contributed by atoms with E-state index in [4.69, 9.17) is 0 Å². The highest BCUT2D eigenvalue weighted by Crippen LogP contribution is 2.41. The lowest BCUT2D eigenvalue weighted by atomic mass is 9.92. The van der Waals surface area contributed by atoms with Gasteiger partial charge in [0.2, 0.25) is 0 Å². The summed E-state index contributed by atoms with van der Waals surface area (Å²) >= 11 is 0. The molecule has 2 saturated carbocycles. The van der Waals surface area contributed by atoms with E-state index in [0.717, 1.165) is 12.8 Å². The standard InChI is InChI=1S/C15H21NO/c17-15-9-5-4-8-13(15)16-14-10-12(14)11-6-2-1-3-7-11/h1-3,6-7,12-17H,4-5,8-10H2/t12?,13-,14?,15-/m0/s1. The van der Waals surface area contributed by atoms with E-state index in [1.165, 1.54) is 24.8 Å². The molecule has 2 fully saturated rings. The fourth-order valence-corrected chi connectivity index (χ4v) is 3.03. The maximum absolute atomic E-state index is 9.94. The highest BCUT2D eigenvalue weighted by atomic mass is 16.3. The third-order valence-electron chi connectivity index (χ3n) is 4.18. The molecule has 0 aliphatic heterocycles. The van der Waals surface area contributed by atoms with Crippen molar-refractivity contribution >= 4 is 0 Å². The van der Waals surface area contributed by atoms with Crippen LogP contribution < -0.4 is 5.32 Å². The highest BCUT2D eigenvalue weighted by Gasteiger charge is 2.40. The van der Waals surface area contributed by atoms with Crippen LogP contribution >= 0.6 is 0 Å².